The number of aryl methyl sites for hydroxylation is 1. The van der Waals surface area contributed by atoms with Crippen molar-refractivity contribution in [3.8, 4) is 0 Å². The van der Waals surface area contributed by atoms with Crippen molar-refractivity contribution in [3.05, 3.63) is 12.4 Å². The maximum Gasteiger partial charge on any atom is 0.240 e. The van der Waals surface area contributed by atoms with E-state index in [-0.39, 0.29) is 24.4 Å². The van der Waals surface area contributed by atoms with Gasteiger partial charge in [0.1, 0.15) is 0 Å². The van der Waals surface area contributed by atoms with E-state index in [1.165, 1.54) is 0 Å². The fourth-order valence-corrected chi connectivity index (χ4v) is 2.88. The number of aromatic nitrogens is 2. The first-order valence-electron chi connectivity index (χ1n) is 7.76. The van der Waals surface area contributed by atoms with Crippen LogP contribution in [0.3, 0.4) is 0 Å². The number of rotatable bonds is 5. The topological polar surface area (TPSA) is 76.2 Å². The monoisotopic (exact) mass is 329 g/mol. The first kappa shape index (κ1) is 18.8. The van der Waals surface area contributed by atoms with Gasteiger partial charge in [-0.15, -0.1) is 12.4 Å². The number of hydrogen-bond acceptors (Lipinski definition) is 4. The van der Waals surface area contributed by atoms with E-state index in [0.717, 1.165) is 38.0 Å². The van der Waals surface area contributed by atoms with Crippen molar-refractivity contribution in [3.63, 3.8) is 0 Å². The van der Waals surface area contributed by atoms with Crippen LogP contribution in [0.5, 0.6) is 0 Å². The van der Waals surface area contributed by atoms with Crippen LogP contribution in [-0.4, -0.2) is 40.4 Å². The van der Waals surface area contributed by atoms with Crippen molar-refractivity contribution >= 4 is 24.0 Å². The highest BCUT2D eigenvalue weighted by Gasteiger charge is 2.30. The number of anilines is 1. The van der Waals surface area contributed by atoms with Gasteiger partial charge in [-0.3, -0.25) is 9.48 Å². The molecule has 0 spiro atoms. The van der Waals surface area contributed by atoms with E-state index in [0.29, 0.717) is 6.42 Å². The Morgan fingerprint density at radius 1 is 1.59 bits per heavy atom. The molecule has 126 valence electrons. The molecule has 0 aromatic carbocycles. The number of amides is 1. The minimum Gasteiger partial charge on any atom is -0.367 e. The molecular formula is C15H28ClN5O. The Morgan fingerprint density at radius 2 is 2.32 bits per heavy atom. The minimum absolute atomic E-state index is 0. The van der Waals surface area contributed by atoms with Gasteiger partial charge in [-0.1, -0.05) is 13.3 Å². The molecule has 1 amide bonds. The lowest BCUT2D eigenvalue weighted by Crippen LogP contribution is -2.57. The van der Waals surface area contributed by atoms with Gasteiger partial charge in [0.25, 0.3) is 0 Å². The molecule has 6 nitrogen and oxygen atoms in total. The van der Waals surface area contributed by atoms with Crippen LogP contribution >= 0.6 is 12.4 Å². The van der Waals surface area contributed by atoms with Crippen LogP contribution in [0.15, 0.2) is 12.4 Å². The second kappa shape index (κ2) is 7.83. The van der Waals surface area contributed by atoms with Gasteiger partial charge in [-0.25, -0.2) is 0 Å². The molecule has 0 radical (unpaired) electrons. The second-order valence-corrected chi connectivity index (χ2v) is 6.30. The molecule has 0 aliphatic carbocycles. The highest BCUT2D eigenvalue weighted by Crippen LogP contribution is 2.19. The number of carbonyl (C=O) groups is 1. The molecule has 3 N–H and O–H groups in total. The maximum atomic E-state index is 12.3. The molecule has 2 unspecified atom stereocenters. The summed E-state index contributed by atoms with van der Waals surface area (Å²) in [7, 11) is 1.91. The first-order chi connectivity index (χ1) is 9.92. The third kappa shape index (κ3) is 4.61. The SMILES string of the molecule is CCCC(C)(N)C(=O)NC1CCCN(c2cnn(C)c2)C1.Cl. The summed E-state index contributed by atoms with van der Waals surface area (Å²) in [6, 6.07) is 0.159. The molecule has 1 aliphatic rings. The average Bonchev–Trinajstić information content (AvgIpc) is 2.86. The first-order valence-corrected chi connectivity index (χ1v) is 7.76. The molecule has 7 heteroatoms. The Kier molecular flexibility index (Phi) is 6.68. The van der Waals surface area contributed by atoms with Crippen LogP contribution in [-0.2, 0) is 11.8 Å². The van der Waals surface area contributed by atoms with Crippen LogP contribution in [0, 0.1) is 0 Å². The zero-order chi connectivity index (χ0) is 15.5. The molecule has 1 aromatic heterocycles. The Bertz CT molecular complexity index is 488. The summed E-state index contributed by atoms with van der Waals surface area (Å²) in [5, 5.41) is 7.33. The lowest BCUT2D eigenvalue weighted by atomic mass is 9.95. The van der Waals surface area contributed by atoms with Crippen LogP contribution < -0.4 is 16.0 Å². The number of nitrogens with zero attached hydrogens (tertiary/aromatic N) is 3. The van der Waals surface area contributed by atoms with E-state index < -0.39 is 5.54 Å². The van der Waals surface area contributed by atoms with Crippen LogP contribution in [0.4, 0.5) is 5.69 Å². The lowest BCUT2D eigenvalue weighted by molar-refractivity contribution is -0.126. The van der Waals surface area contributed by atoms with Crippen molar-refractivity contribution in [2.45, 2.75) is 51.1 Å². The van der Waals surface area contributed by atoms with Gasteiger partial charge >= 0.3 is 0 Å². The highest BCUT2D eigenvalue weighted by atomic mass is 35.5. The molecule has 1 aromatic rings. The zero-order valence-corrected chi connectivity index (χ0v) is 14.5. The van der Waals surface area contributed by atoms with Crippen molar-refractivity contribution in [2.24, 2.45) is 12.8 Å². The molecule has 0 bridgehead atoms. The van der Waals surface area contributed by atoms with E-state index in [4.69, 9.17) is 5.73 Å². The molecular weight excluding hydrogens is 302 g/mol. The quantitative estimate of drug-likeness (QED) is 0.857. The summed E-state index contributed by atoms with van der Waals surface area (Å²) < 4.78 is 1.80. The Morgan fingerprint density at radius 3 is 2.91 bits per heavy atom. The van der Waals surface area contributed by atoms with Crippen LogP contribution in [0.2, 0.25) is 0 Å². The molecule has 2 heterocycles. The van der Waals surface area contributed by atoms with Gasteiger partial charge < -0.3 is 16.0 Å². The number of halogens is 1. The average molecular weight is 330 g/mol. The molecule has 2 rings (SSSR count). The predicted octanol–water partition coefficient (Wildman–Crippen LogP) is 1.44. The molecule has 22 heavy (non-hydrogen) atoms. The summed E-state index contributed by atoms with van der Waals surface area (Å²) in [5.41, 5.74) is 6.44. The summed E-state index contributed by atoms with van der Waals surface area (Å²) in [4.78, 5) is 14.6. The van der Waals surface area contributed by atoms with E-state index in [2.05, 4.69) is 15.3 Å². The predicted molar refractivity (Wildman–Crippen MR) is 91.3 cm³/mol. The minimum atomic E-state index is -0.772. The third-order valence-electron chi connectivity index (χ3n) is 4.10. The maximum absolute atomic E-state index is 12.3. The summed E-state index contributed by atoms with van der Waals surface area (Å²) in [5.74, 6) is -0.0395. The summed E-state index contributed by atoms with van der Waals surface area (Å²) in [6.07, 6.45) is 7.56. The molecule has 1 fully saturated rings. The number of nitrogens with two attached hydrogens (primary N) is 1. The fourth-order valence-electron chi connectivity index (χ4n) is 2.88. The third-order valence-corrected chi connectivity index (χ3v) is 4.10. The van der Waals surface area contributed by atoms with Gasteiger partial charge in [-0.2, -0.15) is 5.10 Å². The Labute approximate surface area is 138 Å². The lowest BCUT2D eigenvalue weighted by Gasteiger charge is -2.35. The van der Waals surface area contributed by atoms with Gasteiger partial charge in [0.15, 0.2) is 0 Å². The second-order valence-electron chi connectivity index (χ2n) is 6.30. The van der Waals surface area contributed by atoms with E-state index >= 15 is 0 Å². The highest BCUT2D eigenvalue weighted by molar-refractivity contribution is 5.86. The number of hydrogen-bond donors (Lipinski definition) is 2. The van der Waals surface area contributed by atoms with Gasteiger partial charge in [0.05, 0.1) is 17.4 Å². The Balaban J connectivity index is 0.00000242. The number of nitrogens with one attached hydrogen (secondary N) is 1. The molecule has 1 aliphatic heterocycles. The Hall–Kier alpha value is -1.27. The van der Waals surface area contributed by atoms with E-state index in [1.807, 2.05) is 33.3 Å². The van der Waals surface area contributed by atoms with Crippen molar-refractivity contribution < 1.29 is 4.79 Å². The summed E-state index contributed by atoms with van der Waals surface area (Å²) in [6.45, 7) is 5.68. The van der Waals surface area contributed by atoms with Gasteiger partial charge in [-0.05, 0) is 26.2 Å². The number of piperidine rings is 1. The number of carbonyl (C=O) groups excluding carboxylic acids is 1. The van der Waals surface area contributed by atoms with Crippen molar-refractivity contribution in [2.75, 3.05) is 18.0 Å². The van der Waals surface area contributed by atoms with Crippen LogP contribution in [0.25, 0.3) is 0 Å². The largest absolute Gasteiger partial charge is 0.367 e. The van der Waals surface area contributed by atoms with E-state index in [9.17, 15) is 4.79 Å². The van der Waals surface area contributed by atoms with Crippen molar-refractivity contribution in [1.82, 2.24) is 15.1 Å². The van der Waals surface area contributed by atoms with Gasteiger partial charge in [0.2, 0.25) is 5.91 Å². The molecule has 0 saturated carbocycles. The normalized spacial score (nSPS) is 20.9. The van der Waals surface area contributed by atoms with Gasteiger partial charge in [0, 0.05) is 32.4 Å². The van der Waals surface area contributed by atoms with Crippen LogP contribution in [0.1, 0.15) is 39.5 Å². The fraction of sp³-hybridized carbons (Fsp3) is 0.733. The zero-order valence-electron chi connectivity index (χ0n) is 13.7. The molecule has 1 saturated heterocycles. The summed E-state index contributed by atoms with van der Waals surface area (Å²) >= 11 is 0. The standard InChI is InChI=1S/C15H27N5O.ClH/c1-4-7-15(2,16)14(21)18-12-6-5-8-20(10-12)13-9-17-19(3)11-13;/h9,11-12H,4-8,10,16H2,1-3H3,(H,18,21);1H. The smallest absolute Gasteiger partial charge is 0.240 e. The van der Waals surface area contributed by atoms with E-state index in [1.54, 1.807) is 4.68 Å². The van der Waals surface area contributed by atoms with Crippen molar-refractivity contribution in [1.29, 1.82) is 0 Å². The molecule has 2 atom stereocenters.